The lowest BCUT2D eigenvalue weighted by Gasteiger charge is -2.24. The molecule has 1 fully saturated rings. The molecule has 1 aromatic carbocycles. The molecule has 1 heterocycles. The van der Waals surface area contributed by atoms with Crippen molar-refractivity contribution in [3.8, 4) is 0 Å². The first kappa shape index (κ1) is 13.9. The Morgan fingerprint density at radius 3 is 2.78 bits per heavy atom. The first-order valence-corrected chi connectivity index (χ1v) is 7.26. The molecule has 3 heteroatoms. The average molecular weight is 268 g/mol. The molecule has 2 atom stereocenters. The molecule has 0 aliphatic carbocycles. The molecule has 100 valence electrons. The Morgan fingerprint density at radius 1 is 1.28 bits per heavy atom. The molecule has 1 aliphatic rings. The number of hydrogen-bond donors (Lipinski definition) is 1. The first-order valence-electron chi connectivity index (χ1n) is 6.89. The number of rotatable bonds is 4. The molecule has 1 saturated heterocycles. The van der Waals surface area contributed by atoms with Crippen molar-refractivity contribution in [3.63, 3.8) is 0 Å². The minimum Gasteiger partial charge on any atom is -0.381 e. The van der Waals surface area contributed by atoms with Crippen LogP contribution in [0.1, 0.15) is 44.2 Å². The Labute approximate surface area is 115 Å². The van der Waals surface area contributed by atoms with E-state index in [-0.39, 0.29) is 0 Å². The molecule has 0 bridgehead atoms. The van der Waals surface area contributed by atoms with Gasteiger partial charge < -0.3 is 10.1 Å². The summed E-state index contributed by atoms with van der Waals surface area (Å²) in [4.78, 5) is 0. The van der Waals surface area contributed by atoms with E-state index in [4.69, 9.17) is 16.3 Å². The van der Waals surface area contributed by atoms with Gasteiger partial charge in [-0.2, -0.15) is 0 Å². The highest BCUT2D eigenvalue weighted by atomic mass is 35.5. The van der Waals surface area contributed by atoms with Gasteiger partial charge in [-0.25, -0.2) is 0 Å². The second-order valence-corrected chi connectivity index (χ2v) is 5.36. The highest BCUT2D eigenvalue weighted by Gasteiger charge is 2.17. The van der Waals surface area contributed by atoms with Crippen molar-refractivity contribution in [3.05, 3.63) is 34.9 Å². The lowest BCUT2D eigenvalue weighted by Crippen LogP contribution is -2.32. The molecule has 0 radical (unpaired) electrons. The van der Waals surface area contributed by atoms with Gasteiger partial charge in [-0.3, -0.25) is 0 Å². The van der Waals surface area contributed by atoms with Crippen LogP contribution in [-0.4, -0.2) is 19.3 Å². The van der Waals surface area contributed by atoms with Gasteiger partial charge in [0.1, 0.15) is 0 Å². The number of halogens is 1. The van der Waals surface area contributed by atoms with E-state index in [1.807, 2.05) is 12.1 Å². The zero-order valence-electron chi connectivity index (χ0n) is 11.0. The van der Waals surface area contributed by atoms with E-state index in [9.17, 15) is 0 Å². The van der Waals surface area contributed by atoms with Crippen LogP contribution in [-0.2, 0) is 4.74 Å². The van der Waals surface area contributed by atoms with Gasteiger partial charge in [-0.05, 0) is 43.4 Å². The fraction of sp³-hybridized carbons (Fsp3) is 0.600. The van der Waals surface area contributed by atoms with Gasteiger partial charge in [0.05, 0.1) is 0 Å². The van der Waals surface area contributed by atoms with Crippen LogP contribution in [0.3, 0.4) is 0 Å². The van der Waals surface area contributed by atoms with Gasteiger partial charge in [0.25, 0.3) is 0 Å². The average Bonchev–Trinajstić information content (AvgIpc) is 2.66. The minimum absolute atomic E-state index is 0.422. The Balaban J connectivity index is 1.97. The van der Waals surface area contributed by atoms with Crippen molar-refractivity contribution in [1.29, 1.82) is 0 Å². The topological polar surface area (TPSA) is 21.3 Å². The summed E-state index contributed by atoms with van der Waals surface area (Å²) in [6, 6.07) is 9.18. The molecule has 0 spiro atoms. The standard InChI is InChI=1S/C15H22ClNO/c1-2-15(12-5-7-13(16)8-6-12)17-14-4-3-10-18-11-9-14/h5-8,14-15,17H,2-4,9-11H2,1H3. The van der Waals surface area contributed by atoms with Gasteiger partial charge in [0.15, 0.2) is 0 Å². The summed E-state index contributed by atoms with van der Waals surface area (Å²) in [5.41, 5.74) is 1.33. The van der Waals surface area contributed by atoms with Crippen LogP contribution in [0.4, 0.5) is 0 Å². The molecular formula is C15H22ClNO. The predicted molar refractivity (Wildman–Crippen MR) is 76.1 cm³/mol. The Morgan fingerprint density at radius 2 is 2.06 bits per heavy atom. The largest absolute Gasteiger partial charge is 0.381 e. The summed E-state index contributed by atoms with van der Waals surface area (Å²) in [5, 5.41) is 4.56. The molecule has 0 aromatic heterocycles. The molecule has 1 aliphatic heterocycles. The first-order chi connectivity index (χ1) is 8.79. The molecule has 0 amide bonds. The predicted octanol–water partition coefficient (Wildman–Crippen LogP) is 3.95. The zero-order valence-corrected chi connectivity index (χ0v) is 11.7. The monoisotopic (exact) mass is 267 g/mol. The van der Waals surface area contributed by atoms with Crippen molar-refractivity contribution in [1.82, 2.24) is 5.32 Å². The second kappa shape index (κ2) is 7.13. The number of benzene rings is 1. The molecule has 1 aromatic rings. The van der Waals surface area contributed by atoms with Crippen LogP contribution < -0.4 is 5.32 Å². The van der Waals surface area contributed by atoms with E-state index in [1.165, 1.54) is 12.0 Å². The maximum Gasteiger partial charge on any atom is 0.0480 e. The van der Waals surface area contributed by atoms with E-state index in [0.717, 1.165) is 37.5 Å². The van der Waals surface area contributed by atoms with E-state index >= 15 is 0 Å². The van der Waals surface area contributed by atoms with E-state index in [1.54, 1.807) is 0 Å². The maximum absolute atomic E-state index is 5.94. The summed E-state index contributed by atoms with van der Waals surface area (Å²) in [6.07, 6.45) is 4.59. The summed E-state index contributed by atoms with van der Waals surface area (Å²) in [7, 11) is 0. The minimum atomic E-state index is 0.422. The van der Waals surface area contributed by atoms with Crippen molar-refractivity contribution in [2.24, 2.45) is 0 Å². The Kier molecular flexibility index (Phi) is 5.48. The van der Waals surface area contributed by atoms with Gasteiger partial charge >= 0.3 is 0 Å². The molecule has 2 rings (SSSR count). The summed E-state index contributed by atoms with van der Waals surface area (Å²) in [5.74, 6) is 0. The quantitative estimate of drug-likeness (QED) is 0.892. The van der Waals surface area contributed by atoms with Gasteiger partial charge in [0.2, 0.25) is 0 Å². The van der Waals surface area contributed by atoms with Gasteiger partial charge in [0, 0.05) is 30.3 Å². The van der Waals surface area contributed by atoms with Crippen LogP contribution >= 0.6 is 11.6 Å². The van der Waals surface area contributed by atoms with Crippen LogP contribution in [0.2, 0.25) is 5.02 Å². The summed E-state index contributed by atoms with van der Waals surface area (Å²) >= 11 is 5.94. The normalized spacial score (nSPS) is 22.4. The van der Waals surface area contributed by atoms with Crippen molar-refractivity contribution in [2.45, 2.75) is 44.7 Å². The fourth-order valence-electron chi connectivity index (χ4n) is 2.50. The van der Waals surface area contributed by atoms with E-state index in [0.29, 0.717) is 12.1 Å². The Bertz CT molecular complexity index is 344. The smallest absolute Gasteiger partial charge is 0.0480 e. The Hall–Kier alpha value is -0.570. The van der Waals surface area contributed by atoms with Crippen molar-refractivity contribution < 1.29 is 4.74 Å². The molecule has 2 unspecified atom stereocenters. The second-order valence-electron chi connectivity index (χ2n) is 4.92. The third kappa shape index (κ3) is 3.98. The third-order valence-electron chi connectivity index (χ3n) is 3.57. The van der Waals surface area contributed by atoms with Crippen LogP contribution in [0, 0.1) is 0 Å². The highest BCUT2D eigenvalue weighted by molar-refractivity contribution is 6.30. The van der Waals surface area contributed by atoms with Crippen LogP contribution in [0.25, 0.3) is 0 Å². The molecular weight excluding hydrogens is 246 g/mol. The van der Waals surface area contributed by atoms with Crippen molar-refractivity contribution in [2.75, 3.05) is 13.2 Å². The molecule has 18 heavy (non-hydrogen) atoms. The highest BCUT2D eigenvalue weighted by Crippen LogP contribution is 2.21. The van der Waals surface area contributed by atoms with Crippen LogP contribution in [0.15, 0.2) is 24.3 Å². The van der Waals surface area contributed by atoms with Crippen LogP contribution in [0.5, 0.6) is 0 Å². The van der Waals surface area contributed by atoms with E-state index < -0.39 is 0 Å². The maximum atomic E-state index is 5.94. The third-order valence-corrected chi connectivity index (χ3v) is 3.82. The van der Waals surface area contributed by atoms with Gasteiger partial charge in [-0.15, -0.1) is 0 Å². The lowest BCUT2D eigenvalue weighted by atomic mass is 10.0. The summed E-state index contributed by atoms with van der Waals surface area (Å²) in [6.45, 7) is 4.02. The molecule has 0 saturated carbocycles. The number of nitrogens with one attached hydrogen (secondary N) is 1. The lowest BCUT2D eigenvalue weighted by molar-refractivity contribution is 0.142. The fourth-order valence-corrected chi connectivity index (χ4v) is 2.63. The SMILES string of the molecule is CCC(NC1CCCOCC1)c1ccc(Cl)cc1. The number of ether oxygens (including phenoxy) is 1. The zero-order chi connectivity index (χ0) is 12.8. The summed E-state index contributed by atoms with van der Waals surface area (Å²) < 4.78 is 5.50. The van der Waals surface area contributed by atoms with E-state index in [2.05, 4.69) is 24.4 Å². The number of hydrogen-bond acceptors (Lipinski definition) is 2. The van der Waals surface area contributed by atoms with Gasteiger partial charge in [-0.1, -0.05) is 30.7 Å². The van der Waals surface area contributed by atoms with Crippen molar-refractivity contribution >= 4 is 11.6 Å². The molecule has 2 nitrogen and oxygen atoms in total. The molecule has 1 N–H and O–H groups in total.